The van der Waals surface area contributed by atoms with Gasteiger partial charge in [0.15, 0.2) is 0 Å². The molecule has 1 N–H and O–H groups in total. The number of aryl methyl sites for hydroxylation is 2. The van der Waals surface area contributed by atoms with Gasteiger partial charge in [0.2, 0.25) is 0 Å². The molecule has 0 heterocycles. The van der Waals surface area contributed by atoms with Gasteiger partial charge in [-0.05, 0) is 37.5 Å². The third kappa shape index (κ3) is 3.00. The predicted octanol–water partition coefficient (Wildman–Crippen LogP) is 3.02. The van der Waals surface area contributed by atoms with Crippen molar-refractivity contribution in [2.75, 3.05) is 5.88 Å². The van der Waals surface area contributed by atoms with E-state index in [1.165, 1.54) is 16.7 Å². The quantitative estimate of drug-likeness (QED) is 0.756. The molecule has 1 atom stereocenters. The van der Waals surface area contributed by atoms with Crippen molar-refractivity contribution in [2.24, 2.45) is 0 Å². The lowest BCUT2D eigenvalue weighted by Crippen LogP contribution is -2.27. The second kappa shape index (κ2) is 5.38. The van der Waals surface area contributed by atoms with Crippen LogP contribution in [0.5, 0.6) is 0 Å². The van der Waals surface area contributed by atoms with Gasteiger partial charge in [0.05, 0.1) is 0 Å². The molecule has 0 bridgehead atoms. The minimum Gasteiger partial charge on any atom is -0.309 e. The van der Waals surface area contributed by atoms with Crippen LogP contribution < -0.4 is 5.32 Å². The van der Waals surface area contributed by atoms with Crippen molar-refractivity contribution in [1.82, 2.24) is 5.32 Å². The van der Waals surface area contributed by atoms with E-state index in [9.17, 15) is 0 Å². The van der Waals surface area contributed by atoms with Crippen LogP contribution in [-0.2, 0) is 6.54 Å². The predicted molar refractivity (Wildman–Crippen MR) is 62.9 cm³/mol. The molecule has 0 saturated carbocycles. The molecule has 1 rings (SSSR count). The lowest BCUT2D eigenvalue weighted by molar-refractivity contribution is 0.590. The first kappa shape index (κ1) is 11.5. The number of benzene rings is 1. The van der Waals surface area contributed by atoms with Gasteiger partial charge in [0.25, 0.3) is 0 Å². The fraction of sp³-hybridized carbons (Fsp3) is 0.500. The molecule has 78 valence electrons. The Bertz CT molecular complexity index is 276. The van der Waals surface area contributed by atoms with Gasteiger partial charge >= 0.3 is 0 Å². The molecule has 0 radical (unpaired) electrons. The highest BCUT2D eigenvalue weighted by molar-refractivity contribution is 6.18. The maximum absolute atomic E-state index is 5.74. The van der Waals surface area contributed by atoms with Gasteiger partial charge in [-0.3, -0.25) is 0 Å². The van der Waals surface area contributed by atoms with Gasteiger partial charge in [-0.25, -0.2) is 0 Å². The number of alkyl halides is 1. The number of halogens is 1. The van der Waals surface area contributed by atoms with Gasteiger partial charge < -0.3 is 5.32 Å². The van der Waals surface area contributed by atoms with Crippen molar-refractivity contribution in [3.05, 3.63) is 34.9 Å². The van der Waals surface area contributed by atoms with E-state index in [1.54, 1.807) is 0 Å². The Kier molecular flexibility index (Phi) is 4.43. The van der Waals surface area contributed by atoms with E-state index in [4.69, 9.17) is 11.6 Å². The second-order valence-electron chi connectivity index (χ2n) is 3.81. The van der Waals surface area contributed by atoms with E-state index in [2.05, 4.69) is 44.3 Å². The summed E-state index contributed by atoms with van der Waals surface area (Å²) in [5.74, 6) is 0.658. The third-order valence-electron chi connectivity index (χ3n) is 2.50. The Morgan fingerprint density at radius 3 is 2.36 bits per heavy atom. The Hall–Kier alpha value is -0.530. The molecule has 2 heteroatoms. The van der Waals surface area contributed by atoms with Crippen molar-refractivity contribution in [1.29, 1.82) is 0 Å². The van der Waals surface area contributed by atoms with Crippen LogP contribution in [0.2, 0.25) is 0 Å². The third-order valence-corrected chi connectivity index (χ3v) is 2.97. The molecule has 1 unspecified atom stereocenters. The monoisotopic (exact) mass is 211 g/mol. The van der Waals surface area contributed by atoms with Gasteiger partial charge in [-0.15, -0.1) is 11.6 Å². The summed E-state index contributed by atoms with van der Waals surface area (Å²) in [5.41, 5.74) is 4.09. The van der Waals surface area contributed by atoms with Crippen molar-refractivity contribution in [3.8, 4) is 0 Å². The summed E-state index contributed by atoms with van der Waals surface area (Å²) in [5, 5.41) is 3.40. The average molecular weight is 212 g/mol. The highest BCUT2D eigenvalue weighted by atomic mass is 35.5. The fourth-order valence-corrected chi connectivity index (χ4v) is 1.57. The van der Waals surface area contributed by atoms with Crippen LogP contribution in [0.3, 0.4) is 0 Å². The molecule has 1 aromatic carbocycles. The molecule has 0 aliphatic carbocycles. The molecule has 0 fully saturated rings. The summed E-state index contributed by atoms with van der Waals surface area (Å²) in [6.45, 7) is 7.30. The van der Waals surface area contributed by atoms with Crippen LogP contribution in [0.25, 0.3) is 0 Å². The average Bonchev–Trinajstić information content (AvgIpc) is 2.16. The fourth-order valence-electron chi connectivity index (χ4n) is 1.46. The molecule has 14 heavy (non-hydrogen) atoms. The number of hydrogen-bond acceptors (Lipinski definition) is 1. The van der Waals surface area contributed by atoms with Crippen LogP contribution in [0.4, 0.5) is 0 Å². The SMILES string of the molecule is Cc1cccc(C)c1CNC(C)CCl. The van der Waals surface area contributed by atoms with E-state index in [0.29, 0.717) is 11.9 Å². The molecule has 0 saturated heterocycles. The molecule has 0 aliphatic heterocycles. The normalized spacial score (nSPS) is 12.9. The number of nitrogens with one attached hydrogen (secondary N) is 1. The first-order valence-corrected chi connectivity index (χ1v) is 5.53. The molecule has 0 spiro atoms. The first-order chi connectivity index (χ1) is 6.65. The highest BCUT2D eigenvalue weighted by Crippen LogP contribution is 2.12. The molecule has 1 nitrogen and oxygen atoms in total. The van der Waals surface area contributed by atoms with E-state index in [1.807, 2.05) is 0 Å². The van der Waals surface area contributed by atoms with Crippen molar-refractivity contribution in [2.45, 2.75) is 33.4 Å². The number of rotatable bonds is 4. The lowest BCUT2D eigenvalue weighted by Gasteiger charge is -2.14. The second-order valence-corrected chi connectivity index (χ2v) is 4.12. The van der Waals surface area contributed by atoms with E-state index < -0.39 is 0 Å². The zero-order valence-electron chi connectivity index (χ0n) is 9.10. The Balaban J connectivity index is 2.66. The highest BCUT2D eigenvalue weighted by Gasteiger charge is 2.03. The van der Waals surface area contributed by atoms with Crippen LogP contribution in [0.1, 0.15) is 23.6 Å². The Labute approximate surface area is 91.5 Å². The summed E-state index contributed by atoms with van der Waals surface area (Å²) >= 11 is 5.74. The largest absolute Gasteiger partial charge is 0.309 e. The summed E-state index contributed by atoms with van der Waals surface area (Å²) < 4.78 is 0. The number of hydrogen-bond donors (Lipinski definition) is 1. The topological polar surface area (TPSA) is 12.0 Å². The van der Waals surface area contributed by atoms with Crippen LogP contribution >= 0.6 is 11.6 Å². The molecule has 0 aromatic heterocycles. The van der Waals surface area contributed by atoms with Crippen LogP contribution in [0.15, 0.2) is 18.2 Å². The van der Waals surface area contributed by atoms with E-state index in [0.717, 1.165) is 6.54 Å². The van der Waals surface area contributed by atoms with Gasteiger partial charge in [-0.2, -0.15) is 0 Å². The standard InChI is InChI=1S/C12H18ClN/c1-9-5-4-6-10(2)12(9)8-14-11(3)7-13/h4-6,11,14H,7-8H2,1-3H3. The summed E-state index contributed by atoms with van der Waals surface area (Å²) in [7, 11) is 0. The summed E-state index contributed by atoms with van der Waals surface area (Å²) in [6, 6.07) is 6.76. The van der Waals surface area contributed by atoms with Crippen molar-refractivity contribution in [3.63, 3.8) is 0 Å². The molecule has 0 aliphatic rings. The van der Waals surface area contributed by atoms with E-state index in [-0.39, 0.29) is 0 Å². The van der Waals surface area contributed by atoms with Crippen molar-refractivity contribution >= 4 is 11.6 Å². The first-order valence-electron chi connectivity index (χ1n) is 4.99. The van der Waals surface area contributed by atoms with Crippen LogP contribution in [0, 0.1) is 13.8 Å². The molecule has 0 amide bonds. The van der Waals surface area contributed by atoms with Gasteiger partial charge in [0, 0.05) is 18.5 Å². The van der Waals surface area contributed by atoms with Crippen molar-refractivity contribution < 1.29 is 0 Å². The lowest BCUT2D eigenvalue weighted by atomic mass is 10.0. The van der Waals surface area contributed by atoms with Gasteiger partial charge in [0.1, 0.15) is 0 Å². The molecular formula is C12H18ClN. The summed E-state index contributed by atoms with van der Waals surface area (Å²) in [6.07, 6.45) is 0. The zero-order chi connectivity index (χ0) is 10.6. The zero-order valence-corrected chi connectivity index (χ0v) is 9.86. The Morgan fingerprint density at radius 2 is 1.86 bits per heavy atom. The summed E-state index contributed by atoms with van der Waals surface area (Å²) in [4.78, 5) is 0. The minimum atomic E-state index is 0.371. The maximum atomic E-state index is 5.74. The smallest absolute Gasteiger partial charge is 0.0374 e. The van der Waals surface area contributed by atoms with E-state index >= 15 is 0 Å². The van der Waals surface area contributed by atoms with Gasteiger partial charge in [-0.1, -0.05) is 18.2 Å². The van der Waals surface area contributed by atoms with Crippen LogP contribution in [-0.4, -0.2) is 11.9 Å². The minimum absolute atomic E-state index is 0.371. The maximum Gasteiger partial charge on any atom is 0.0374 e. The molecular weight excluding hydrogens is 194 g/mol. The molecule has 1 aromatic rings. The Morgan fingerprint density at radius 1 is 1.29 bits per heavy atom.